The highest BCUT2D eigenvalue weighted by Gasteiger charge is 2.15. The van der Waals surface area contributed by atoms with Crippen molar-refractivity contribution in [1.82, 2.24) is 4.90 Å². The number of benzene rings is 2. The number of carbonyl (C=O) groups excluding carboxylic acids is 1. The molecule has 24 heavy (non-hydrogen) atoms. The van der Waals surface area contributed by atoms with E-state index in [1.165, 1.54) is 12.8 Å². The second-order valence-corrected chi connectivity index (χ2v) is 5.91. The first kappa shape index (κ1) is 16.2. The van der Waals surface area contributed by atoms with Gasteiger partial charge in [0.15, 0.2) is 0 Å². The summed E-state index contributed by atoms with van der Waals surface area (Å²) in [6, 6.07) is 17.0. The lowest BCUT2D eigenvalue weighted by Crippen LogP contribution is -2.35. The maximum absolute atomic E-state index is 12.3. The molecule has 0 aliphatic carbocycles. The maximum Gasteiger partial charge on any atom is 0.321 e. The summed E-state index contributed by atoms with van der Waals surface area (Å²) in [6.07, 6.45) is 4.61. The average Bonchev–Trinajstić information content (AvgIpc) is 2.91. The molecular formula is C19H22N4O. The summed E-state index contributed by atoms with van der Waals surface area (Å²) in [6.45, 7) is 1.68. The van der Waals surface area contributed by atoms with Gasteiger partial charge in [0.25, 0.3) is 0 Å². The Kier molecular flexibility index (Phi) is 5.56. The van der Waals surface area contributed by atoms with Gasteiger partial charge in [0.2, 0.25) is 0 Å². The van der Waals surface area contributed by atoms with Crippen molar-refractivity contribution >= 4 is 23.1 Å². The van der Waals surface area contributed by atoms with E-state index in [4.69, 9.17) is 0 Å². The van der Waals surface area contributed by atoms with E-state index in [2.05, 4.69) is 15.5 Å². The van der Waals surface area contributed by atoms with E-state index in [0.717, 1.165) is 43.0 Å². The van der Waals surface area contributed by atoms with Crippen molar-refractivity contribution in [2.45, 2.75) is 25.7 Å². The zero-order valence-corrected chi connectivity index (χ0v) is 13.7. The quantitative estimate of drug-likeness (QED) is 0.744. The van der Waals surface area contributed by atoms with Crippen molar-refractivity contribution in [2.75, 3.05) is 18.4 Å². The molecule has 1 fully saturated rings. The molecule has 1 aliphatic rings. The van der Waals surface area contributed by atoms with Crippen molar-refractivity contribution in [3.05, 3.63) is 54.6 Å². The van der Waals surface area contributed by atoms with Crippen LogP contribution in [0, 0.1) is 0 Å². The van der Waals surface area contributed by atoms with Crippen LogP contribution in [0.25, 0.3) is 0 Å². The van der Waals surface area contributed by atoms with Crippen molar-refractivity contribution in [3.63, 3.8) is 0 Å². The molecule has 0 bridgehead atoms. The van der Waals surface area contributed by atoms with Crippen LogP contribution in [0.4, 0.5) is 21.9 Å². The van der Waals surface area contributed by atoms with Gasteiger partial charge in [-0.15, -0.1) is 0 Å². The van der Waals surface area contributed by atoms with Crippen LogP contribution in [-0.2, 0) is 0 Å². The van der Waals surface area contributed by atoms with E-state index in [-0.39, 0.29) is 6.03 Å². The topological polar surface area (TPSA) is 57.1 Å². The zero-order chi connectivity index (χ0) is 16.6. The second kappa shape index (κ2) is 8.24. The Balaban J connectivity index is 1.58. The van der Waals surface area contributed by atoms with Crippen LogP contribution in [-0.4, -0.2) is 24.0 Å². The number of azo groups is 1. The molecule has 3 rings (SSSR count). The van der Waals surface area contributed by atoms with Crippen LogP contribution in [0.1, 0.15) is 25.7 Å². The average molecular weight is 322 g/mol. The van der Waals surface area contributed by atoms with Gasteiger partial charge in [0, 0.05) is 18.8 Å². The van der Waals surface area contributed by atoms with Gasteiger partial charge in [-0.3, -0.25) is 0 Å². The van der Waals surface area contributed by atoms with E-state index in [1.54, 1.807) is 0 Å². The van der Waals surface area contributed by atoms with Gasteiger partial charge in [-0.05, 0) is 49.2 Å². The van der Waals surface area contributed by atoms with Crippen LogP contribution in [0.2, 0.25) is 0 Å². The molecule has 0 atom stereocenters. The fourth-order valence-corrected chi connectivity index (χ4v) is 2.70. The lowest BCUT2D eigenvalue weighted by molar-refractivity contribution is 0.214. The molecule has 2 amide bonds. The highest BCUT2D eigenvalue weighted by atomic mass is 16.2. The summed E-state index contributed by atoms with van der Waals surface area (Å²) in [5, 5.41) is 11.3. The number of urea groups is 1. The standard InChI is InChI=1S/C19H22N4O/c24-19(23-14-6-1-2-7-15-23)20-16-10-12-18(13-11-16)22-21-17-8-4-3-5-9-17/h3-5,8-13H,1-2,6-7,14-15H2,(H,20,24). The van der Waals surface area contributed by atoms with E-state index < -0.39 is 0 Å². The Morgan fingerprint density at radius 3 is 2.00 bits per heavy atom. The fourth-order valence-electron chi connectivity index (χ4n) is 2.70. The molecule has 0 aromatic heterocycles. The maximum atomic E-state index is 12.3. The highest BCUT2D eigenvalue weighted by Crippen LogP contribution is 2.20. The lowest BCUT2D eigenvalue weighted by atomic mass is 10.2. The van der Waals surface area contributed by atoms with Crippen LogP contribution in [0.15, 0.2) is 64.8 Å². The third kappa shape index (κ3) is 4.65. The molecule has 0 unspecified atom stereocenters. The normalized spacial score (nSPS) is 15.2. The lowest BCUT2D eigenvalue weighted by Gasteiger charge is -2.20. The molecule has 1 aliphatic heterocycles. The summed E-state index contributed by atoms with van der Waals surface area (Å²) in [5.41, 5.74) is 2.35. The van der Waals surface area contributed by atoms with Gasteiger partial charge >= 0.3 is 6.03 Å². The summed E-state index contributed by atoms with van der Waals surface area (Å²) < 4.78 is 0. The Hall–Kier alpha value is -2.69. The van der Waals surface area contributed by atoms with Crippen molar-refractivity contribution in [1.29, 1.82) is 0 Å². The minimum atomic E-state index is -0.0180. The van der Waals surface area contributed by atoms with Crippen molar-refractivity contribution in [2.24, 2.45) is 10.2 Å². The van der Waals surface area contributed by atoms with Crippen LogP contribution in [0.3, 0.4) is 0 Å². The second-order valence-electron chi connectivity index (χ2n) is 5.91. The summed E-state index contributed by atoms with van der Waals surface area (Å²) in [5.74, 6) is 0. The number of amides is 2. The molecule has 5 heteroatoms. The first-order valence-electron chi connectivity index (χ1n) is 8.44. The van der Waals surface area contributed by atoms with E-state index >= 15 is 0 Å². The van der Waals surface area contributed by atoms with Gasteiger partial charge in [-0.25, -0.2) is 4.79 Å². The first-order chi connectivity index (χ1) is 11.8. The molecule has 0 radical (unpaired) electrons. The number of nitrogens with one attached hydrogen (secondary N) is 1. The highest BCUT2D eigenvalue weighted by molar-refractivity contribution is 5.89. The molecule has 1 saturated heterocycles. The van der Waals surface area contributed by atoms with Crippen molar-refractivity contribution < 1.29 is 4.79 Å². The van der Waals surface area contributed by atoms with Crippen LogP contribution < -0.4 is 5.32 Å². The number of carbonyl (C=O) groups is 1. The number of hydrogen-bond acceptors (Lipinski definition) is 3. The van der Waals surface area contributed by atoms with Gasteiger partial charge < -0.3 is 10.2 Å². The number of likely N-dealkylation sites (tertiary alicyclic amines) is 1. The smallest absolute Gasteiger partial charge is 0.321 e. The Labute approximate surface area is 142 Å². The van der Waals surface area contributed by atoms with Crippen LogP contribution in [0.5, 0.6) is 0 Å². The van der Waals surface area contributed by atoms with Gasteiger partial charge in [0.1, 0.15) is 0 Å². The third-order valence-electron chi connectivity index (χ3n) is 4.05. The van der Waals surface area contributed by atoms with Crippen molar-refractivity contribution in [3.8, 4) is 0 Å². The summed E-state index contributed by atoms with van der Waals surface area (Å²) in [4.78, 5) is 14.2. The number of rotatable bonds is 3. The largest absolute Gasteiger partial charge is 0.325 e. The molecule has 5 nitrogen and oxygen atoms in total. The van der Waals surface area contributed by atoms with E-state index in [0.29, 0.717) is 0 Å². The van der Waals surface area contributed by atoms with E-state index in [1.807, 2.05) is 59.5 Å². The SMILES string of the molecule is O=C(Nc1ccc(N=Nc2ccccc2)cc1)N1CCCCCC1. The fraction of sp³-hybridized carbons (Fsp3) is 0.316. The van der Waals surface area contributed by atoms with E-state index in [9.17, 15) is 4.79 Å². The Morgan fingerprint density at radius 1 is 0.792 bits per heavy atom. The van der Waals surface area contributed by atoms with Crippen LogP contribution >= 0.6 is 0 Å². The van der Waals surface area contributed by atoms with Gasteiger partial charge in [0.05, 0.1) is 11.4 Å². The predicted molar refractivity (Wildman–Crippen MR) is 96.1 cm³/mol. The zero-order valence-electron chi connectivity index (χ0n) is 13.7. The Bertz CT molecular complexity index is 674. The molecule has 1 N–H and O–H groups in total. The molecule has 2 aromatic carbocycles. The molecule has 0 saturated carbocycles. The minimum absolute atomic E-state index is 0.0180. The van der Waals surface area contributed by atoms with Gasteiger partial charge in [-0.2, -0.15) is 10.2 Å². The monoisotopic (exact) mass is 322 g/mol. The molecule has 124 valence electrons. The third-order valence-corrected chi connectivity index (χ3v) is 4.05. The molecule has 2 aromatic rings. The molecule has 1 heterocycles. The van der Waals surface area contributed by atoms with Gasteiger partial charge in [-0.1, -0.05) is 31.0 Å². The Morgan fingerprint density at radius 2 is 1.38 bits per heavy atom. The first-order valence-corrected chi connectivity index (χ1v) is 8.44. The number of nitrogens with zero attached hydrogens (tertiary/aromatic N) is 3. The summed E-state index contributed by atoms with van der Waals surface area (Å²) in [7, 11) is 0. The number of anilines is 1. The minimum Gasteiger partial charge on any atom is -0.325 e. The molecule has 0 spiro atoms. The predicted octanol–water partition coefficient (Wildman–Crippen LogP) is 5.51. The number of hydrogen-bond donors (Lipinski definition) is 1. The molecular weight excluding hydrogens is 300 g/mol. The summed E-state index contributed by atoms with van der Waals surface area (Å²) >= 11 is 0.